The number of hydrogen-bond donors (Lipinski definition) is 1. The van der Waals surface area contributed by atoms with E-state index in [9.17, 15) is 5.11 Å². The van der Waals surface area contributed by atoms with Crippen LogP contribution in [0.25, 0.3) is 0 Å². The Morgan fingerprint density at radius 2 is 1.52 bits per heavy atom. The van der Waals surface area contributed by atoms with Crippen molar-refractivity contribution in [1.29, 1.82) is 0 Å². The lowest BCUT2D eigenvalue weighted by Crippen LogP contribution is -2.29. The standard InChI is InChI=1S/C18H14N2O3/c1-2-19-13-7-3-5-9-15(13)22-17(19)18-20(11-12-21)14-8-4-6-10-16(14)23-18/h1,3-10,21H,11-12H2/b18-17+. The molecule has 0 aliphatic carbocycles. The van der Waals surface area contributed by atoms with Gasteiger partial charge in [0.15, 0.2) is 11.5 Å². The van der Waals surface area contributed by atoms with Crippen molar-refractivity contribution in [2.45, 2.75) is 0 Å². The molecule has 0 saturated carbocycles. The average Bonchev–Trinajstić information content (AvgIpc) is 3.13. The van der Waals surface area contributed by atoms with Gasteiger partial charge in [0.25, 0.3) is 11.8 Å². The Morgan fingerprint density at radius 1 is 0.913 bits per heavy atom. The SMILES string of the molecule is C#CN1/C(=C2\Oc3ccccc3N2CCO)Oc2ccccc21. The molecular weight excluding hydrogens is 292 g/mol. The van der Waals surface area contributed by atoms with Crippen molar-refractivity contribution in [3.63, 3.8) is 0 Å². The minimum atomic E-state index is -0.0164. The number of aliphatic hydroxyl groups excluding tert-OH is 1. The van der Waals surface area contributed by atoms with E-state index in [1.807, 2.05) is 53.4 Å². The van der Waals surface area contributed by atoms with Gasteiger partial charge in [-0.05, 0) is 24.3 Å². The Morgan fingerprint density at radius 3 is 2.22 bits per heavy atom. The summed E-state index contributed by atoms with van der Waals surface area (Å²) in [6.45, 7) is 0.367. The van der Waals surface area contributed by atoms with Gasteiger partial charge in [0.05, 0.1) is 12.3 Å². The highest BCUT2D eigenvalue weighted by Crippen LogP contribution is 2.44. The summed E-state index contributed by atoms with van der Waals surface area (Å²) in [6, 6.07) is 17.8. The Balaban J connectivity index is 1.84. The molecule has 2 heterocycles. The molecule has 2 aromatic carbocycles. The molecule has 5 nitrogen and oxygen atoms in total. The number of benzene rings is 2. The van der Waals surface area contributed by atoms with Crippen LogP contribution in [0.15, 0.2) is 60.3 Å². The molecule has 0 radical (unpaired) electrons. The van der Waals surface area contributed by atoms with Crippen LogP contribution in [-0.4, -0.2) is 18.3 Å². The normalized spacial score (nSPS) is 18.1. The first kappa shape index (κ1) is 13.6. The Hall–Kier alpha value is -3.10. The zero-order chi connectivity index (χ0) is 15.8. The van der Waals surface area contributed by atoms with Gasteiger partial charge in [0.2, 0.25) is 0 Å². The van der Waals surface area contributed by atoms with Gasteiger partial charge in [-0.15, -0.1) is 0 Å². The first-order valence-electron chi connectivity index (χ1n) is 7.26. The second-order valence-corrected chi connectivity index (χ2v) is 5.09. The quantitative estimate of drug-likeness (QED) is 0.864. The fourth-order valence-corrected chi connectivity index (χ4v) is 2.77. The number of rotatable bonds is 2. The van der Waals surface area contributed by atoms with E-state index < -0.39 is 0 Å². The number of ether oxygens (including phenoxy) is 2. The van der Waals surface area contributed by atoms with Crippen molar-refractivity contribution < 1.29 is 14.6 Å². The minimum absolute atomic E-state index is 0.0164. The van der Waals surface area contributed by atoms with Crippen LogP contribution < -0.4 is 19.3 Å². The number of anilines is 2. The van der Waals surface area contributed by atoms with E-state index in [0.29, 0.717) is 29.8 Å². The summed E-state index contributed by atoms with van der Waals surface area (Å²) in [5.41, 5.74) is 1.67. The third-order valence-corrected chi connectivity index (χ3v) is 3.76. The molecule has 0 atom stereocenters. The largest absolute Gasteiger partial charge is 0.434 e. The molecule has 2 aromatic rings. The molecule has 2 aliphatic heterocycles. The number of para-hydroxylation sites is 4. The second-order valence-electron chi connectivity index (χ2n) is 5.09. The molecule has 4 rings (SSSR count). The van der Waals surface area contributed by atoms with Crippen LogP contribution in [0.3, 0.4) is 0 Å². The highest BCUT2D eigenvalue weighted by Gasteiger charge is 2.36. The maximum absolute atomic E-state index is 9.39. The lowest BCUT2D eigenvalue weighted by atomic mass is 10.3. The van der Waals surface area contributed by atoms with Crippen molar-refractivity contribution in [3.05, 3.63) is 60.3 Å². The number of nitrogens with zero attached hydrogens (tertiary/aromatic N) is 2. The maximum atomic E-state index is 9.39. The fourth-order valence-electron chi connectivity index (χ4n) is 2.77. The first-order chi connectivity index (χ1) is 11.3. The highest BCUT2D eigenvalue weighted by molar-refractivity contribution is 5.73. The van der Waals surface area contributed by atoms with E-state index in [4.69, 9.17) is 15.9 Å². The topological polar surface area (TPSA) is 45.2 Å². The molecule has 0 spiro atoms. The van der Waals surface area contributed by atoms with Crippen LogP contribution in [0.4, 0.5) is 11.4 Å². The van der Waals surface area contributed by atoms with Crippen LogP contribution in [0.5, 0.6) is 11.5 Å². The van der Waals surface area contributed by atoms with Gasteiger partial charge in [-0.1, -0.05) is 30.7 Å². The smallest absolute Gasteiger partial charge is 0.275 e. The van der Waals surface area contributed by atoms with Crippen LogP contribution in [-0.2, 0) is 0 Å². The van der Waals surface area contributed by atoms with Crippen molar-refractivity contribution >= 4 is 11.4 Å². The predicted molar refractivity (Wildman–Crippen MR) is 86.9 cm³/mol. The average molecular weight is 306 g/mol. The second kappa shape index (κ2) is 5.27. The minimum Gasteiger partial charge on any atom is -0.434 e. The van der Waals surface area contributed by atoms with Gasteiger partial charge in [0, 0.05) is 12.6 Å². The molecule has 0 bridgehead atoms. The third kappa shape index (κ3) is 2.00. The Kier molecular flexibility index (Phi) is 3.11. The lowest BCUT2D eigenvalue weighted by Gasteiger charge is -2.20. The molecule has 2 aliphatic rings. The zero-order valence-corrected chi connectivity index (χ0v) is 12.3. The molecule has 23 heavy (non-hydrogen) atoms. The zero-order valence-electron chi connectivity index (χ0n) is 12.3. The Bertz CT molecular complexity index is 838. The molecule has 0 amide bonds. The van der Waals surface area contributed by atoms with E-state index in [0.717, 1.165) is 11.4 Å². The molecule has 1 N–H and O–H groups in total. The van der Waals surface area contributed by atoms with Crippen LogP contribution in [0.1, 0.15) is 0 Å². The highest BCUT2D eigenvalue weighted by atomic mass is 16.6. The molecule has 0 fully saturated rings. The summed E-state index contributed by atoms with van der Waals surface area (Å²) in [4.78, 5) is 3.47. The molecule has 114 valence electrons. The summed E-state index contributed by atoms with van der Waals surface area (Å²) >= 11 is 0. The molecule has 0 aromatic heterocycles. The number of aliphatic hydroxyl groups is 1. The van der Waals surface area contributed by atoms with Gasteiger partial charge in [-0.25, -0.2) is 4.90 Å². The summed E-state index contributed by atoms with van der Waals surface area (Å²) in [6.07, 6.45) is 5.67. The summed E-state index contributed by atoms with van der Waals surface area (Å²) in [7, 11) is 0. The monoisotopic (exact) mass is 306 g/mol. The molecule has 5 heteroatoms. The van der Waals surface area contributed by atoms with Crippen molar-refractivity contribution in [2.24, 2.45) is 0 Å². The van der Waals surface area contributed by atoms with E-state index in [1.54, 1.807) is 4.90 Å². The molecule has 0 saturated heterocycles. The number of terminal acetylenes is 1. The fraction of sp³-hybridized carbons (Fsp3) is 0.111. The van der Waals surface area contributed by atoms with Gasteiger partial charge in [-0.2, -0.15) is 0 Å². The van der Waals surface area contributed by atoms with Gasteiger partial charge < -0.3 is 19.5 Å². The number of fused-ring (bicyclic) bond motifs is 2. The van der Waals surface area contributed by atoms with Crippen LogP contribution in [0.2, 0.25) is 0 Å². The maximum Gasteiger partial charge on any atom is 0.275 e. The summed E-state index contributed by atoms with van der Waals surface area (Å²) < 4.78 is 11.9. The summed E-state index contributed by atoms with van der Waals surface area (Å²) in [5, 5.41) is 9.39. The van der Waals surface area contributed by atoms with E-state index in [1.165, 1.54) is 0 Å². The van der Waals surface area contributed by atoms with E-state index >= 15 is 0 Å². The van der Waals surface area contributed by atoms with Crippen LogP contribution in [0, 0.1) is 12.5 Å². The predicted octanol–water partition coefficient (Wildman–Crippen LogP) is 2.49. The van der Waals surface area contributed by atoms with Crippen molar-refractivity contribution in [2.75, 3.05) is 23.0 Å². The van der Waals surface area contributed by atoms with Crippen molar-refractivity contribution in [3.8, 4) is 24.0 Å². The van der Waals surface area contributed by atoms with E-state index in [2.05, 4.69) is 6.04 Å². The third-order valence-electron chi connectivity index (χ3n) is 3.76. The lowest BCUT2D eigenvalue weighted by molar-refractivity contribution is 0.296. The first-order valence-corrected chi connectivity index (χ1v) is 7.26. The van der Waals surface area contributed by atoms with Crippen LogP contribution >= 0.6 is 0 Å². The molecular formula is C18H14N2O3. The van der Waals surface area contributed by atoms with E-state index in [-0.39, 0.29) is 6.61 Å². The number of hydrogen-bond acceptors (Lipinski definition) is 5. The number of β-amino-alcohol motifs (C(OH)–C–C–N with tert-alkyl or cyclic N) is 1. The van der Waals surface area contributed by atoms with Crippen molar-refractivity contribution in [1.82, 2.24) is 0 Å². The molecule has 0 unspecified atom stereocenters. The van der Waals surface area contributed by atoms with Gasteiger partial charge >= 0.3 is 0 Å². The van der Waals surface area contributed by atoms with Gasteiger partial charge in [0.1, 0.15) is 5.69 Å². The Labute approximate surface area is 134 Å². The van der Waals surface area contributed by atoms with Gasteiger partial charge in [-0.3, -0.25) is 0 Å². The summed E-state index contributed by atoms with van der Waals surface area (Å²) in [5.74, 6) is 2.30.